The number of phenols is 1. The highest BCUT2D eigenvalue weighted by Crippen LogP contribution is 2.36. The fraction of sp³-hybridized carbons (Fsp3) is 0.480. The van der Waals surface area contributed by atoms with Crippen LogP contribution < -0.4 is 10.2 Å². The maximum absolute atomic E-state index is 15.4. The molecule has 4 heterocycles. The second-order valence-electron chi connectivity index (χ2n) is 10.1. The van der Waals surface area contributed by atoms with E-state index in [0.29, 0.717) is 23.5 Å². The number of aliphatic hydroxyl groups is 1. The average molecular weight is 467 g/mol. The largest absolute Gasteiger partial charge is 0.507 e. The van der Waals surface area contributed by atoms with E-state index < -0.39 is 11.8 Å². The monoisotopic (exact) mass is 466 g/mol. The van der Waals surface area contributed by atoms with Gasteiger partial charge in [0.25, 0.3) is 0 Å². The molecule has 0 radical (unpaired) electrons. The molecule has 1 aromatic carbocycles. The molecule has 2 aliphatic heterocycles. The summed E-state index contributed by atoms with van der Waals surface area (Å²) in [6, 6.07) is 5.14. The summed E-state index contributed by atoms with van der Waals surface area (Å²) in [5.41, 5.74) is 1.81. The number of fused-ring (bicyclic) bond motifs is 2. The van der Waals surface area contributed by atoms with Crippen LogP contribution in [0.25, 0.3) is 22.4 Å². The summed E-state index contributed by atoms with van der Waals surface area (Å²) in [6.07, 6.45) is 8.23. The van der Waals surface area contributed by atoms with Crippen LogP contribution in [0.5, 0.6) is 5.75 Å². The lowest BCUT2D eigenvalue weighted by molar-refractivity contribution is 0.0767. The molecular formula is C25H31FN6O2. The fourth-order valence-electron chi connectivity index (χ4n) is 5.17. The second-order valence-corrected chi connectivity index (χ2v) is 10.1. The van der Waals surface area contributed by atoms with E-state index in [1.54, 1.807) is 49.3 Å². The van der Waals surface area contributed by atoms with Crippen molar-refractivity contribution >= 4 is 5.82 Å². The number of hydrogen-bond donors (Lipinski definition) is 3. The van der Waals surface area contributed by atoms with E-state index in [1.807, 2.05) is 24.2 Å². The van der Waals surface area contributed by atoms with Crippen LogP contribution in [0.2, 0.25) is 0 Å². The smallest absolute Gasteiger partial charge is 0.147 e. The zero-order chi connectivity index (χ0) is 24.0. The van der Waals surface area contributed by atoms with E-state index >= 15 is 4.39 Å². The van der Waals surface area contributed by atoms with Gasteiger partial charge >= 0.3 is 0 Å². The number of halogens is 1. The number of nitrogens with zero attached hydrogens (tertiary/aromatic N) is 5. The van der Waals surface area contributed by atoms with E-state index in [9.17, 15) is 10.2 Å². The highest BCUT2D eigenvalue weighted by molar-refractivity contribution is 5.73. The molecule has 4 atom stereocenters. The van der Waals surface area contributed by atoms with Crippen LogP contribution in [0.1, 0.15) is 33.1 Å². The number of phenolic OH excluding ortho intramolecular Hbond substituents is 1. The average Bonchev–Trinajstić information content (AvgIpc) is 3.41. The Kier molecular flexibility index (Phi) is 5.77. The Labute approximate surface area is 198 Å². The van der Waals surface area contributed by atoms with Crippen molar-refractivity contribution in [2.24, 2.45) is 7.05 Å². The van der Waals surface area contributed by atoms with Gasteiger partial charge in [-0.3, -0.25) is 9.67 Å². The van der Waals surface area contributed by atoms with Crippen LogP contribution in [0.15, 0.2) is 43.0 Å². The highest BCUT2D eigenvalue weighted by Gasteiger charge is 2.45. The topological polar surface area (TPSA) is 99.3 Å². The number of nitrogens with one attached hydrogen (secondary N) is 1. The third kappa shape index (κ3) is 4.50. The molecule has 2 saturated heterocycles. The lowest BCUT2D eigenvalue weighted by Gasteiger charge is -2.42. The second kappa shape index (κ2) is 8.63. The fourth-order valence-corrected chi connectivity index (χ4v) is 5.17. The van der Waals surface area contributed by atoms with Crippen molar-refractivity contribution in [2.45, 2.75) is 63.0 Å². The summed E-state index contributed by atoms with van der Waals surface area (Å²) >= 11 is 0. The van der Waals surface area contributed by atoms with Crippen LogP contribution in [-0.2, 0) is 7.05 Å². The quantitative estimate of drug-likeness (QED) is 0.514. The van der Waals surface area contributed by atoms with Crippen molar-refractivity contribution in [3.05, 3.63) is 43.0 Å². The number of aromatic nitrogens is 4. The predicted molar refractivity (Wildman–Crippen MR) is 128 cm³/mol. The maximum atomic E-state index is 15.4. The number of anilines is 1. The van der Waals surface area contributed by atoms with Crippen molar-refractivity contribution < 1.29 is 14.6 Å². The molecule has 0 aliphatic carbocycles. The molecule has 2 aliphatic rings. The van der Waals surface area contributed by atoms with Gasteiger partial charge < -0.3 is 20.4 Å². The van der Waals surface area contributed by atoms with E-state index in [0.717, 1.165) is 24.0 Å². The van der Waals surface area contributed by atoms with Crippen LogP contribution in [0.4, 0.5) is 10.2 Å². The summed E-state index contributed by atoms with van der Waals surface area (Å²) in [4.78, 5) is 11.0. The third-order valence-electron chi connectivity index (χ3n) is 6.76. The molecule has 0 unspecified atom stereocenters. The summed E-state index contributed by atoms with van der Waals surface area (Å²) in [7, 11) is 1.84. The first-order valence-corrected chi connectivity index (χ1v) is 11.7. The predicted octanol–water partition coefficient (Wildman–Crippen LogP) is 3.06. The summed E-state index contributed by atoms with van der Waals surface area (Å²) in [6.45, 7) is 3.68. The first kappa shape index (κ1) is 22.7. The van der Waals surface area contributed by atoms with Gasteiger partial charge in [-0.15, -0.1) is 0 Å². The molecule has 0 saturated carbocycles. The third-order valence-corrected chi connectivity index (χ3v) is 6.76. The Morgan fingerprint density at radius 2 is 2.00 bits per heavy atom. The van der Waals surface area contributed by atoms with Gasteiger partial charge in [-0.25, -0.2) is 9.37 Å². The molecule has 3 N–H and O–H groups in total. The number of benzene rings is 1. The van der Waals surface area contributed by atoms with Gasteiger partial charge in [-0.05, 0) is 50.8 Å². The molecule has 2 fully saturated rings. The number of aryl methyl sites for hydroxylation is 1. The molecule has 5 rings (SSSR count). The first-order chi connectivity index (χ1) is 16.2. The van der Waals surface area contributed by atoms with Gasteiger partial charge in [0, 0.05) is 43.0 Å². The van der Waals surface area contributed by atoms with Gasteiger partial charge in [-0.2, -0.15) is 5.10 Å². The minimum Gasteiger partial charge on any atom is -0.507 e. The number of piperidine rings is 1. The molecule has 8 nitrogen and oxygen atoms in total. The molecule has 2 bridgehead atoms. The van der Waals surface area contributed by atoms with Crippen LogP contribution in [-0.4, -0.2) is 66.4 Å². The number of hydrogen-bond acceptors (Lipinski definition) is 7. The SMILES string of the molecule is Cn1cc(-c2ccc(-c3cnc(N(CC(C)(C)O)[C@@H]4C[C@H]5CC[C@H](N5)[C@@H]4F)cn3)c(O)c2)cn1. The van der Waals surface area contributed by atoms with Gasteiger partial charge in [0.1, 0.15) is 17.7 Å². The summed E-state index contributed by atoms with van der Waals surface area (Å²) in [5.74, 6) is 0.613. The molecule has 3 aromatic rings. The van der Waals surface area contributed by atoms with Crippen molar-refractivity contribution in [2.75, 3.05) is 11.4 Å². The van der Waals surface area contributed by atoms with E-state index in [2.05, 4.69) is 20.4 Å². The first-order valence-electron chi connectivity index (χ1n) is 11.7. The Hall–Kier alpha value is -3.04. The van der Waals surface area contributed by atoms with Gasteiger partial charge in [0.2, 0.25) is 0 Å². The minimum atomic E-state index is -1.05. The zero-order valence-corrected chi connectivity index (χ0v) is 19.7. The van der Waals surface area contributed by atoms with Gasteiger partial charge in [0.15, 0.2) is 0 Å². The van der Waals surface area contributed by atoms with Crippen molar-refractivity contribution in [1.82, 2.24) is 25.1 Å². The van der Waals surface area contributed by atoms with Crippen molar-refractivity contribution in [1.29, 1.82) is 0 Å². The van der Waals surface area contributed by atoms with Crippen molar-refractivity contribution in [3.63, 3.8) is 0 Å². The standard InChI is InChI=1S/C25H31FN6O2/c1-25(2,34)14-32(21-9-17-5-7-19(30-17)24(21)26)23-12-27-20(11-28-23)18-6-4-15(8-22(18)33)16-10-29-31(3)13-16/h4,6,8,10-13,17,19,21,24,30,33-34H,5,7,9,14H2,1-3H3/t17-,19+,21-,24+/m1/s1. The lowest BCUT2D eigenvalue weighted by Crippen LogP contribution is -2.58. The van der Waals surface area contributed by atoms with Crippen LogP contribution in [0.3, 0.4) is 0 Å². The molecule has 180 valence electrons. The molecule has 34 heavy (non-hydrogen) atoms. The Morgan fingerprint density at radius 3 is 2.65 bits per heavy atom. The lowest BCUT2D eigenvalue weighted by atomic mass is 9.94. The van der Waals surface area contributed by atoms with Crippen LogP contribution in [0, 0.1) is 0 Å². The molecule has 0 spiro atoms. The Bertz CT molecular complexity index is 1160. The van der Waals surface area contributed by atoms with Gasteiger partial charge in [-0.1, -0.05) is 6.07 Å². The molecule has 0 amide bonds. The molecule has 2 aromatic heterocycles. The van der Waals surface area contributed by atoms with Crippen LogP contribution >= 0.6 is 0 Å². The number of aromatic hydroxyl groups is 1. The summed E-state index contributed by atoms with van der Waals surface area (Å²) in [5, 5.41) is 28.7. The minimum absolute atomic E-state index is 0.0931. The van der Waals surface area contributed by atoms with E-state index in [1.165, 1.54) is 0 Å². The van der Waals surface area contributed by atoms with E-state index in [-0.39, 0.29) is 30.4 Å². The Morgan fingerprint density at radius 1 is 1.18 bits per heavy atom. The van der Waals surface area contributed by atoms with E-state index in [4.69, 9.17) is 0 Å². The van der Waals surface area contributed by atoms with Gasteiger partial charge in [0.05, 0.1) is 35.9 Å². The maximum Gasteiger partial charge on any atom is 0.147 e. The summed E-state index contributed by atoms with van der Waals surface area (Å²) < 4.78 is 17.1. The molecular weight excluding hydrogens is 435 g/mol. The normalized spacial score (nSPS) is 24.4. The zero-order valence-electron chi connectivity index (χ0n) is 19.7. The number of rotatable bonds is 6. The van der Waals surface area contributed by atoms with Crippen molar-refractivity contribution in [3.8, 4) is 28.1 Å². The number of alkyl halides is 1. The Balaban J connectivity index is 1.42. The highest BCUT2D eigenvalue weighted by atomic mass is 19.1. The molecule has 9 heteroatoms.